The minimum Gasteiger partial charge on any atom is -0.748 e. The second kappa shape index (κ2) is 48.9. The Labute approximate surface area is 880 Å². The van der Waals surface area contributed by atoms with E-state index in [0.717, 1.165) is 151 Å². The van der Waals surface area contributed by atoms with Crippen molar-refractivity contribution in [1.82, 2.24) is 0 Å². The summed E-state index contributed by atoms with van der Waals surface area (Å²) in [7, 11) is -4.65. The first kappa shape index (κ1) is 117. The Hall–Kier alpha value is -7.46. The molecule has 147 heavy (non-hydrogen) atoms. The number of hydrogen-bond acceptors (Lipinski definition) is 25. The molecule has 3 aromatic carbocycles. The fraction of sp³-hybridized carbons (Fsp3) is 0.767. The van der Waals surface area contributed by atoms with Crippen LogP contribution < -0.4 is 0 Å². The molecule has 0 amide bonds. The van der Waals surface area contributed by atoms with Crippen LogP contribution in [0.5, 0.6) is 0 Å². The lowest BCUT2D eigenvalue weighted by molar-refractivity contribution is -0.231. The molecule has 20 saturated carbocycles. The van der Waals surface area contributed by atoms with Gasteiger partial charge in [-0.1, -0.05) is 138 Å². The molecule has 2 heterocycles. The third-order valence-electron chi connectivity index (χ3n) is 37.7. The SMILES string of the molecule is CCC(C)(C)C(=O)OC1(C(C)C)C2CC3CC(C2)CC1C3.CCC(C)(C)C(=O)OC1(CC)C2CC3CC(C2)CC1C3.CCC(C)(C)C(=O)OC1CCOC1=O.CCC(C)C(=O)OC12CC3CC(CC(O)(C3)C1)C2.CCC(C)C(=O)OC12CC3CC(CC(O)(C3)C1)C2.CCC(C)C(=O)OC1CCOC1=O.O=C(CC12CC3CC(CC(C3)C1)C2)OCCOC(=O)CS(=O)(=O)[O-].c1ccc([S+](c2ccccc2)c2ccccc2)cc1. The lowest BCUT2D eigenvalue weighted by Gasteiger charge is -2.62. The summed E-state index contributed by atoms with van der Waals surface area (Å²) in [6, 6.07) is 32.2. The molecule has 9 unspecified atom stereocenters. The van der Waals surface area contributed by atoms with E-state index in [9.17, 15) is 71.1 Å². The number of carbonyl (C=O) groups is 10. The van der Waals surface area contributed by atoms with E-state index < -0.39 is 62.6 Å². The van der Waals surface area contributed by atoms with Gasteiger partial charge in [0.1, 0.15) is 51.5 Å². The number of ether oxygens (including phenoxy) is 10. The van der Waals surface area contributed by atoms with E-state index in [-0.39, 0.29) is 122 Å². The van der Waals surface area contributed by atoms with E-state index in [4.69, 9.17) is 37.9 Å². The molecule has 0 radical (unpaired) electrons. The molecule has 9 atom stereocenters. The Morgan fingerprint density at radius 3 is 1.06 bits per heavy atom. The van der Waals surface area contributed by atoms with Gasteiger partial charge >= 0.3 is 59.7 Å². The van der Waals surface area contributed by atoms with Crippen molar-refractivity contribution in [3.8, 4) is 0 Å². The first-order valence-corrected chi connectivity index (χ1v) is 59.4. The zero-order valence-corrected chi connectivity index (χ0v) is 93.4. The molecule has 22 aliphatic rings. The normalized spacial score (nSPS) is 34.4. The van der Waals surface area contributed by atoms with Crippen molar-refractivity contribution in [2.24, 2.45) is 134 Å². The van der Waals surface area contributed by atoms with Crippen LogP contribution in [0.1, 0.15) is 369 Å². The van der Waals surface area contributed by atoms with Crippen molar-refractivity contribution in [1.29, 1.82) is 0 Å². The molecule has 2 N–H and O–H groups in total. The van der Waals surface area contributed by atoms with Crippen molar-refractivity contribution in [2.75, 3.05) is 32.2 Å². The first-order chi connectivity index (χ1) is 69.4. The van der Waals surface area contributed by atoms with E-state index in [1.807, 2.05) is 69.2 Å². The Balaban J connectivity index is 0.000000141. The van der Waals surface area contributed by atoms with Crippen LogP contribution in [0.3, 0.4) is 0 Å². The molecule has 25 nitrogen and oxygen atoms in total. The van der Waals surface area contributed by atoms with Crippen LogP contribution >= 0.6 is 0 Å². The topological polar surface area (TPSA) is 361 Å². The maximum absolute atomic E-state index is 12.8. The molecule has 25 rings (SSSR count). The van der Waals surface area contributed by atoms with Crippen LogP contribution in [0.25, 0.3) is 0 Å². The average Bonchev–Trinajstić information content (AvgIpc) is 0.846. The van der Waals surface area contributed by atoms with Crippen molar-refractivity contribution in [3.05, 3.63) is 91.0 Å². The van der Waals surface area contributed by atoms with Gasteiger partial charge in [0.15, 0.2) is 14.7 Å². The van der Waals surface area contributed by atoms with Crippen LogP contribution in [-0.2, 0) is 116 Å². The van der Waals surface area contributed by atoms with Gasteiger partial charge in [-0.15, -0.1) is 0 Å². The van der Waals surface area contributed by atoms with Crippen LogP contribution in [0.15, 0.2) is 106 Å². The van der Waals surface area contributed by atoms with Gasteiger partial charge in [0, 0.05) is 25.7 Å². The molecule has 2 saturated heterocycles. The summed E-state index contributed by atoms with van der Waals surface area (Å²) < 4.78 is 84.7. The second-order valence-corrected chi connectivity index (χ2v) is 54.1. The summed E-state index contributed by atoms with van der Waals surface area (Å²) >= 11 is 0. The summed E-state index contributed by atoms with van der Waals surface area (Å²) in [4.78, 5) is 122. The molecule has 820 valence electrons. The van der Waals surface area contributed by atoms with E-state index >= 15 is 0 Å². The highest BCUT2D eigenvalue weighted by atomic mass is 32.2. The summed E-state index contributed by atoms with van der Waals surface area (Å²) in [6.45, 7) is 36.5. The molecule has 3 aromatic rings. The van der Waals surface area contributed by atoms with E-state index in [1.54, 1.807) is 20.8 Å². The number of cyclic esters (lactones) is 2. The fourth-order valence-electron chi connectivity index (χ4n) is 29.8. The highest BCUT2D eigenvalue weighted by Crippen LogP contribution is 2.66. The zero-order chi connectivity index (χ0) is 107. The third kappa shape index (κ3) is 29.0. The Bertz CT molecular complexity index is 4780. The average molecular weight is 2080 g/mol. The number of hydrogen-bond donors (Lipinski definition) is 2. The predicted molar refractivity (Wildman–Crippen MR) is 558 cm³/mol. The van der Waals surface area contributed by atoms with Gasteiger partial charge in [-0.05, 0) is 390 Å². The van der Waals surface area contributed by atoms with Crippen molar-refractivity contribution < 1.29 is 118 Å². The number of aliphatic hydroxyl groups is 2. The Morgan fingerprint density at radius 1 is 0.408 bits per heavy atom. The molecule has 22 fully saturated rings. The van der Waals surface area contributed by atoms with Gasteiger partial charge in [0.25, 0.3) is 0 Å². The summed E-state index contributed by atoms with van der Waals surface area (Å²) in [5, 5.41) is 21.2. The van der Waals surface area contributed by atoms with Gasteiger partial charge < -0.3 is 62.1 Å². The number of benzene rings is 3. The number of carbonyl (C=O) groups excluding carboxylic acids is 10. The van der Waals surface area contributed by atoms with Gasteiger partial charge in [0.2, 0.25) is 12.2 Å². The Kier molecular flexibility index (Phi) is 38.8. The van der Waals surface area contributed by atoms with Crippen LogP contribution in [0.2, 0.25) is 0 Å². The highest BCUT2D eigenvalue weighted by molar-refractivity contribution is 7.97. The maximum atomic E-state index is 12.8. The van der Waals surface area contributed by atoms with Gasteiger partial charge in [-0.2, -0.15) is 0 Å². The standard InChI is InChI=1S/C19H32O2.C18H30O2.C18H15S.C16H24O7S.2C15H24O3.C10H16O4.C9H14O4/c1-6-18(4,5)17(20)21-19(12(2)3)15-8-13-7-14(10-15)11-16(19)9-13;1-5-17(3,4)16(19)20-18(6-2)14-8-12-7-13(10-14)11-15(18)9-12;1-4-10-16(11-5-1)19(17-12-6-2-7-13-17)18-14-8-3-9-15-18;17-14(22-1-2-23-15(18)10-24(19,20)21)9-16-6-11-3-12(7-16)5-13(4-11)8-16;2*1-3-10(2)13(16)18-15-7-11-4-12(8-15)6-14(17,5-11)9-15;1-4-10(2,3)9(12)14-7-5-6-13-8(7)11;1-3-6(2)8(10)13-7-4-5-12-9(7)11/h12-16H,6-11H2,1-5H3;12-15H,5-11H2,1-4H3;1-15H;11-13H,1-10H2,(H,19,20,21);2*10-12,17H,3-9H2,1-2H3;7H,4-6H2,1-3H3;6-7H,3-5H2,1-2H3/q;;+1;;;;;/p-1. The number of esters is 10. The predicted octanol–water partition coefficient (Wildman–Crippen LogP) is 22.9. The molecule has 20 aliphatic carbocycles. The van der Waals surface area contributed by atoms with Gasteiger partial charge in [-0.25, -0.2) is 18.0 Å². The summed E-state index contributed by atoms with van der Waals surface area (Å²) in [6.07, 6.45) is 37.8. The Morgan fingerprint density at radius 2 is 0.735 bits per heavy atom. The minimum atomic E-state index is -4.64. The van der Waals surface area contributed by atoms with Crippen molar-refractivity contribution in [2.45, 2.75) is 429 Å². The zero-order valence-electron chi connectivity index (χ0n) is 91.8. The van der Waals surface area contributed by atoms with E-state index in [0.29, 0.717) is 105 Å². The number of rotatable bonds is 30. The van der Waals surface area contributed by atoms with Crippen LogP contribution in [-0.4, -0.2) is 161 Å². The minimum absolute atomic E-state index is 0.0146. The summed E-state index contributed by atoms with van der Waals surface area (Å²) in [5.74, 6) is 6.85. The molecule has 20 bridgehead atoms. The van der Waals surface area contributed by atoms with Gasteiger partial charge in [0.05, 0.1) is 75.7 Å². The van der Waals surface area contributed by atoms with E-state index in [1.165, 1.54) is 111 Å². The molecular formula is C120H178O25S2. The lowest BCUT2D eigenvalue weighted by Crippen LogP contribution is -2.63. The largest absolute Gasteiger partial charge is 0.748 e. The van der Waals surface area contributed by atoms with Crippen LogP contribution in [0.4, 0.5) is 0 Å². The van der Waals surface area contributed by atoms with Crippen molar-refractivity contribution in [3.63, 3.8) is 0 Å². The maximum Gasteiger partial charge on any atom is 0.347 e. The lowest BCUT2D eigenvalue weighted by atomic mass is 9.47. The molecular weight excluding hydrogens is 1910 g/mol. The second-order valence-electron chi connectivity index (χ2n) is 50.6. The van der Waals surface area contributed by atoms with Crippen LogP contribution in [0, 0.1) is 134 Å². The highest BCUT2D eigenvalue weighted by Gasteiger charge is 2.65. The monoisotopic (exact) mass is 2080 g/mol. The molecule has 2 aliphatic heterocycles. The fourth-order valence-corrected chi connectivity index (χ4v) is 32.2. The molecule has 0 spiro atoms. The molecule has 0 aromatic heterocycles. The van der Waals surface area contributed by atoms with Crippen molar-refractivity contribution >= 4 is 80.7 Å². The van der Waals surface area contributed by atoms with E-state index in [2.05, 4.69) is 135 Å². The van der Waals surface area contributed by atoms with Gasteiger partial charge in [-0.3, -0.25) is 38.4 Å². The third-order valence-corrected chi connectivity index (χ3v) is 40.5. The smallest absolute Gasteiger partial charge is 0.347 e. The quantitative estimate of drug-likeness (QED) is 0.0206. The summed E-state index contributed by atoms with van der Waals surface area (Å²) in [5.41, 5.74) is -3.17. The first-order valence-electron chi connectivity index (χ1n) is 56.6. The molecule has 27 heteroatoms.